The molecule has 0 aliphatic heterocycles. The number of nitrogens with zero attached hydrogens (tertiary/aromatic N) is 5. The molecule has 0 amide bonds. The van der Waals surface area contributed by atoms with Crippen LogP contribution in [0.2, 0.25) is 0 Å². The number of fused-ring (bicyclic) bond motifs is 1. The summed E-state index contributed by atoms with van der Waals surface area (Å²) in [6.45, 7) is 0.274. The predicted octanol–water partition coefficient (Wildman–Crippen LogP) is 4.96. The summed E-state index contributed by atoms with van der Waals surface area (Å²) in [6.07, 6.45) is -3.62. The molecule has 4 rings (SSSR count). The van der Waals surface area contributed by atoms with Crippen LogP contribution in [-0.2, 0) is 19.1 Å². The standard InChI is InChI=1S/C21H15F6N5O2/c22-15-8-13-11(7-14(15)18-28-9-12(10-29-18)21(25,26)27)4-6-32(20(13)33)5-2-1-3-16-30-31-19(34-16)17(23)24/h4,6-10,17H,1-3,5H2. The van der Waals surface area contributed by atoms with E-state index in [0.29, 0.717) is 30.6 Å². The molecule has 0 fully saturated rings. The number of pyridine rings is 1. The molecule has 0 saturated carbocycles. The zero-order valence-corrected chi connectivity index (χ0v) is 17.2. The van der Waals surface area contributed by atoms with Crippen LogP contribution in [0.1, 0.15) is 36.6 Å². The lowest BCUT2D eigenvalue weighted by Gasteiger charge is -2.10. The number of rotatable bonds is 7. The summed E-state index contributed by atoms with van der Waals surface area (Å²) < 4.78 is 83.9. The SMILES string of the molecule is O=c1c2cc(F)c(-c3ncc(C(F)(F)F)cn3)cc2ccn1CCCCc1nnc(C(F)F)o1. The molecule has 3 aromatic heterocycles. The van der Waals surface area contributed by atoms with Crippen LogP contribution in [-0.4, -0.2) is 24.7 Å². The first kappa shape index (κ1) is 23.4. The second-order valence-electron chi connectivity index (χ2n) is 7.32. The highest BCUT2D eigenvalue weighted by Crippen LogP contribution is 2.30. The van der Waals surface area contributed by atoms with Crippen LogP contribution in [0.15, 0.2) is 46.0 Å². The molecule has 0 N–H and O–H groups in total. The van der Waals surface area contributed by atoms with Crippen LogP contribution in [0.5, 0.6) is 0 Å². The van der Waals surface area contributed by atoms with Crippen LogP contribution in [0.4, 0.5) is 26.3 Å². The van der Waals surface area contributed by atoms with Crippen molar-refractivity contribution in [2.45, 2.75) is 38.4 Å². The Kier molecular flexibility index (Phi) is 6.35. The molecule has 13 heteroatoms. The zero-order chi connectivity index (χ0) is 24.5. The Hall–Kier alpha value is -3.77. The predicted molar refractivity (Wildman–Crippen MR) is 106 cm³/mol. The topological polar surface area (TPSA) is 86.7 Å². The van der Waals surface area contributed by atoms with Gasteiger partial charge in [0.2, 0.25) is 5.89 Å². The third-order valence-corrected chi connectivity index (χ3v) is 4.99. The fraction of sp³-hybridized carbons (Fsp3) is 0.286. The molecule has 0 radical (unpaired) electrons. The van der Waals surface area contributed by atoms with Crippen molar-refractivity contribution in [3.63, 3.8) is 0 Å². The summed E-state index contributed by atoms with van der Waals surface area (Å²) in [5, 5.41) is 7.21. The lowest BCUT2D eigenvalue weighted by atomic mass is 10.1. The fourth-order valence-electron chi connectivity index (χ4n) is 3.28. The molecule has 0 unspecified atom stereocenters. The molecule has 7 nitrogen and oxygen atoms in total. The Labute approximate surface area is 187 Å². The number of unbranched alkanes of at least 4 members (excludes halogenated alkanes) is 1. The summed E-state index contributed by atoms with van der Waals surface area (Å²) in [7, 11) is 0. The second-order valence-corrected chi connectivity index (χ2v) is 7.32. The van der Waals surface area contributed by atoms with Gasteiger partial charge in [-0.3, -0.25) is 4.79 Å². The third-order valence-electron chi connectivity index (χ3n) is 4.99. The van der Waals surface area contributed by atoms with Crippen molar-refractivity contribution in [2.24, 2.45) is 0 Å². The van der Waals surface area contributed by atoms with Crippen molar-refractivity contribution in [3.8, 4) is 11.4 Å². The van der Waals surface area contributed by atoms with E-state index in [-0.39, 0.29) is 35.6 Å². The van der Waals surface area contributed by atoms with Gasteiger partial charge in [0.1, 0.15) is 5.82 Å². The number of aromatic nitrogens is 5. The van der Waals surface area contributed by atoms with Crippen molar-refractivity contribution < 1.29 is 30.8 Å². The van der Waals surface area contributed by atoms with E-state index < -0.39 is 35.4 Å². The van der Waals surface area contributed by atoms with E-state index in [1.165, 1.54) is 16.8 Å². The minimum absolute atomic E-state index is 0.0706. The van der Waals surface area contributed by atoms with Gasteiger partial charge in [-0.15, -0.1) is 10.2 Å². The average molecular weight is 483 g/mol. The molecule has 4 aromatic rings. The fourth-order valence-corrected chi connectivity index (χ4v) is 3.28. The normalized spacial score (nSPS) is 12.1. The lowest BCUT2D eigenvalue weighted by Crippen LogP contribution is -2.19. The Morgan fingerprint density at radius 2 is 1.79 bits per heavy atom. The molecule has 0 aliphatic rings. The van der Waals surface area contributed by atoms with Crippen LogP contribution in [0, 0.1) is 5.82 Å². The van der Waals surface area contributed by atoms with Crippen LogP contribution in [0.3, 0.4) is 0 Å². The van der Waals surface area contributed by atoms with Gasteiger partial charge in [-0.05, 0) is 36.4 Å². The van der Waals surface area contributed by atoms with Crippen LogP contribution in [0.25, 0.3) is 22.2 Å². The number of aryl methyl sites for hydroxylation is 2. The molecular weight excluding hydrogens is 468 g/mol. The van der Waals surface area contributed by atoms with E-state index >= 15 is 0 Å². The number of halogens is 6. The van der Waals surface area contributed by atoms with Crippen molar-refractivity contribution in [1.82, 2.24) is 24.7 Å². The maximum Gasteiger partial charge on any atom is 0.419 e. The van der Waals surface area contributed by atoms with E-state index in [1.807, 2.05) is 0 Å². The summed E-state index contributed by atoms with van der Waals surface area (Å²) in [5.41, 5.74) is -1.66. The lowest BCUT2D eigenvalue weighted by molar-refractivity contribution is -0.138. The highest BCUT2D eigenvalue weighted by atomic mass is 19.4. The number of hydrogen-bond donors (Lipinski definition) is 0. The van der Waals surface area contributed by atoms with Gasteiger partial charge in [-0.1, -0.05) is 0 Å². The maximum absolute atomic E-state index is 14.7. The largest absolute Gasteiger partial charge is 0.420 e. The van der Waals surface area contributed by atoms with Crippen LogP contribution < -0.4 is 5.56 Å². The molecule has 0 spiro atoms. The monoisotopic (exact) mass is 483 g/mol. The number of alkyl halides is 5. The summed E-state index contributed by atoms with van der Waals surface area (Å²) in [5.74, 6) is -1.77. The van der Waals surface area contributed by atoms with Crippen molar-refractivity contribution >= 4 is 10.8 Å². The first-order valence-corrected chi connectivity index (χ1v) is 9.96. The quantitative estimate of drug-likeness (QED) is 0.273. The van der Waals surface area contributed by atoms with E-state index in [0.717, 1.165) is 6.07 Å². The van der Waals surface area contributed by atoms with Crippen molar-refractivity contribution in [3.05, 3.63) is 70.3 Å². The Bertz CT molecular complexity index is 1370. The van der Waals surface area contributed by atoms with E-state index in [1.54, 1.807) is 6.07 Å². The Morgan fingerprint density at radius 3 is 2.44 bits per heavy atom. The van der Waals surface area contributed by atoms with Gasteiger partial charge in [0, 0.05) is 31.6 Å². The molecular formula is C21H15F6N5O2. The average Bonchev–Trinajstić information content (AvgIpc) is 3.27. The van der Waals surface area contributed by atoms with Gasteiger partial charge in [-0.25, -0.2) is 14.4 Å². The van der Waals surface area contributed by atoms with Gasteiger partial charge in [0.05, 0.1) is 16.5 Å². The van der Waals surface area contributed by atoms with E-state index in [9.17, 15) is 31.1 Å². The first-order chi connectivity index (χ1) is 16.1. The first-order valence-electron chi connectivity index (χ1n) is 9.96. The summed E-state index contributed by atoms with van der Waals surface area (Å²) >= 11 is 0. The van der Waals surface area contributed by atoms with Crippen molar-refractivity contribution in [2.75, 3.05) is 0 Å². The third kappa shape index (κ3) is 4.92. The maximum atomic E-state index is 14.7. The van der Waals surface area contributed by atoms with Crippen LogP contribution >= 0.6 is 0 Å². The Morgan fingerprint density at radius 1 is 1.06 bits per heavy atom. The van der Waals surface area contributed by atoms with Gasteiger partial charge in [-0.2, -0.15) is 22.0 Å². The molecule has 0 atom stereocenters. The second kappa shape index (κ2) is 9.23. The van der Waals surface area contributed by atoms with Crippen molar-refractivity contribution in [1.29, 1.82) is 0 Å². The van der Waals surface area contributed by atoms with E-state index in [2.05, 4.69) is 20.2 Å². The minimum atomic E-state index is -4.62. The van der Waals surface area contributed by atoms with Gasteiger partial charge in [0.25, 0.3) is 11.4 Å². The summed E-state index contributed by atoms with van der Waals surface area (Å²) in [4.78, 5) is 19.9. The summed E-state index contributed by atoms with van der Waals surface area (Å²) in [6, 6.07) is 3.86. The molecule has 0 bridgehead atoms. The molecule has 0 saturated heterocycles. The van der Waals surface area contributed by atoms with Gasteiger partial charge >= 0.3 is 12.6 Å². The smallest absolute Gasteiger partial charge is 0.419 e. The highest BCUT2D eigenvalue weighted by molar-refractivity contribution is 5.85. The number of hydrogen-bond acceptors (Lipinski definition) is 6. The molecule has 0 aliphatic carbocycles. The highest BCUT2D eigenvalue weighted by Gasteiger charge is 2.31. The minimum Gasteiger partial charge on any atom is -0.420 e. The van der Waals surface area contributed by atoms with Gasteiger partial charge in [0.15, 0.2) is 5.82 Å². The molecule has 178 valence electrons. The molecule has 1 aromatic carbocycles. The Balaban J connectivity index is 1.48. The zero-order valence-electron chi connectivity index (χ0n) is 17.2. The molecule has 3 heterocycles. The number of benzene rings is 1. The van der Waals surface area contributed by atoms with E-state index in [4.69, 9.17) is 4.42 Å². The van der Waals surface area contributed by atoms with Gasteiger partial charge < -0.3 is 8.98 Å². The molecule has 34 heavy (non-hydrogen) atoms.